The van der Waals surface area contributed by atoms with Gasteiger partial charge in [-0.25, -0.2) is 0 Å². The van der Waals surface area contributed by atoms with Gasteiger partial charge in [0.15, 0.2) is 0 Å². The molecule has 0 amide bonds. The third kappa shape index (κ3) is 3.56. The van der Waals surface area contributed by atoms with Crippen LogP contribution < -0.4 is 5.73 Å². The molecule has 18 heavy (non-hydrogen) atoms. The topological polar surface area (TPSA) is 35.2 Å². The van der Waals surface area contributed by atoms with Crippen molar-refractivity contribution in [3.8, 4) is 0 Å². The molecule has 1 fully saturated rings. The molecule has 2 rings (SSSR count). The average Bonchev–Trinajstić information content (AvgIpc) is 2.56. The fourth-order valence-corrected chi connectivity index (χ4v) is 2.61. The Morgan fingerprint density at radius 2 is 1.89 bits per heavy atom. The highest BCUT2D eigenvalue weighted by Crippen LogP contribution is 2.21. The van der Waals surface area contributed by atoms with Crippen LogP contribution in [0.4, 0.5) is 0 Å². The molecule has 0 aliphatic heterocycles. The maximum atomic E-state index is 6.17. The molecule has 0 aromatic heterocycles. The van der Waals surface area contributed by atoms with Crippen LogP contribution in [0.3, 0.4) is 0 Å². The highest BCUT2D eigenvalue weighted by Gasteiger charge is 2.20. The number of benzene rings is 1. The number of ether oxygens (including phenoxy) is 1. The van der Waals surface area contributed by atoms with E-state index in [1.807, 2.05) is 0 Å². The molecule has 0 spiro atoms. The minimum atomic E-state index is 0.221. The Hall–Kier alpha value is -0.860. The summed E-state index contributed by atoms with van der Waals surface area (Å²) in [5.74, 6) is 0. The van der Waals surface area contributed by atoms with Crippen molar-refractivity contribution in [2.45, 2.75) is 64.7 Å². The van der Waals surface area contributed by atoms with Crippen LogP contribution in [0.25, 0.3) is 0 Å². The van der Waals surface area contributed by atoms with Crippen molar-refractivity contribution in [2.75, 3.05) is 0 Å². The SMILES string of the molecule is Cc1ccc(COC2CCCCCC2N)cc1C. The van der Waals surface area contributed by atoms with Crippen LogP contribution in [0.2, 0.25) is 0 Å². The second kappa shape index (κ2) is 6.35. The molecular formula is C16H25NO. The fraction of sp³-hybridized carbons (Fsp3) is 0.625. The Kier molecular flexibility index (Phi) is 4.79. The molecule has 0 bridgehead atoms. The zero-order valence-electron chi connectivity index (χ0n) is 11.6. The van der Waals surface area contributed by atoms with Crippen LogP contribution in [0.1, 0.15) is 48.8 Å². The van der Waals surface area contributed by atoms with E-state index in [1.54, 1.807) is 0 Å². The lowest BCUT2D eigenvalue weighted by Crippen LogP contribution is -2.35. The van der Waals surface area contributed by atoms with Gasteiger partial charge in [-0.1, -0.05) is 37.5 Å². The van der Waals surface area contributed by atoms with E-state index >= 15 is 0 Å². The highest BCUT2D eigenvalue weighted by atomic mass is 16.5. The summed E-state index contributed by atoms with van der Waals surface area (Å²) < 4.78 is 6.03. The number of nitrogens with two attached hydrogens (primary N) is 1. The largest absolute Gasteiger partial charge is 0.372 e. The number of rotatable bonds is 3. The number of hydrogen-bond acceptors (Lipinski definition) is 2. The third-order valence-corrected chi connectivity index (χ3v) is 4.04. The van der Waals surface area contributed by atoms with Crippen molar-refractivity contribution in [1.82, 2.24) is 0 Å². The molecule has 0 radical (unpaired) electrons. The summed E-state index contributed by atoms with van der Waals surface area (Å²) in [6, 6.07) is 6.77. The van der Waals surface area contributed by atoms with Gasteiger partial charge in [0.2, 0.25) is 0 Å². The summed E-state index contributed by atoms with van der Waals surface area (Å²) >= 11 is 0. The van der Waals surface area contributed by atoms with Gasteiger partial charge in [-0.3, -0.25) is 0 Å². The molecule has 1 saturated carbocycles. The van der Waals surface area contributed by atoms with Gasteiger partial charge in [0.25, 0.3) is 0 Å². The van der Waals surface area contributed by atoms with Crippen molar-refractivity contribution in [2.24, 2.45) is 5.73 Å². The minimum Gasteiger partial charge on any atom is -0.372 e. The van der Waals surface area contributed by atoms with Gasteiger partial charge in [0.1, 0.15) is 0 Å². The van der Waals surface area contributed by atoms with E-state index in [2.05, 4.69) is 32.0 Å². The van der Waals surface area contributed by atoms with E-state index < -0.39 is 0 Å². The summed E-state index contributed by atoms with van der Waals surface area (Å²) in [5, 5.41) is 0. The first-order chi connectivity index (χ1) is 8.66. The Morgan fingerprint density at radius 1 is 1.11 bits per heavy atom. The van der Waals surface area contributed by atoms with Gasteiger partial charge < -0.3 is 10.5 Å². The Balaban J connectivity index is 1.91. The molecule has 1 aliphatic carbocycles. The van der Waals surface area contributed by atoms with Crippen LogP contribution >= 0.6 is 0 Å². The van der Waals surface area contributed by atoms with Crippen molar-refractivity contribution in [3.05, 3.63) is 34.9 Å². The second-order valence-corrected chi connectivity index (χ2v) is 5.57. The summed E-state index contributed by atoms with van der Waals surface area (Å²) in [6.07, 6.45) is 6.28. The van der Waals surface area contributed by atoms with Gasteiger partial charge in [-0.05, 0) is 43.4 Å². The van der Waals surface area contributed by atoms with Gasteiger partial charge in [-0.15, -0.1) is 0 Å². The first-order valence-corrected chi connectivity index (χ1v) is 7.10. The highest BCUT2D eigenvalue weighted by molar-refractivity contribution is 5.29. The van der Waals surface area contributed by atoms with E-state index in [-0.39, 0.29) is 12.1 Å². The van der Waals surface area contributed by atoms with E-state index in [0.717, 1.165) is 12.8 Å². The number of aryl methyl sites for hydroxylation is 2. The predicted molar refractivity (Wildman–Crippen MR) is 75.6 cm³/mol. The van der Waals surface area contributed by atoms with E-state index in [0.29, 0.717) is 6.61 Å². The zero-order chi connectivity index (χ0) is 13.0. The summed E-state index contributed by atoms with van der Waals surface area (Å²) in [4.78, 5) is 0. The van der Waals surface area contributed by atoms with Crippen LogP contribution in [0, 0.1) is 13.8 Å². The standard InChI is InChI=1S/C16H25NO/c1-12-8-9-14(10-13(12)2)11-18-16-7-5-3-4-6-15(16)17/h8-10,15-16H,3-7,11,17H2,1-2H3. The summed E-state index contributed by atoms with van der Waals surface area (Å²) in [7, 11) is 0. The third-order valence-electron chi connectivity index (χ3n) is 4.04. The lowest BCUT2D eigenvalue weighted by Gasteiger charge is -2.22. The molecule has 2 N–H and O–H groups in total. The first kappa shape index (κ1) is 13.6. The van der Waals surface area contributed by atoms with Crippen molar-refractivity contribution < 1.29 is 4.74 Å². The quantitative estimate of drug-likeness (QED) is 0.830. The smallest absolute Gasteiger partial charge is 0.0730 e. The van der Waals surface area contributed by atoms with E-state index in [4.69, 9.17) is 10.5 Å². The summed E-state index contributed by atoms with van der Waals surface area (Å²) in [6.45, 7) is 4.98. The predicted octanol–water partition coefficient (Wildman–Crippen LogP) is 3.48. The molecular weight excluding hydrogens is 222 g/mol. The molecule has 2 nitrogen and oxygen atoms in total. The molecule has 2 atom stereocenters. The lowest BCUT2D eigenvalue weighted by atomic mass is 10.1. The maximum absolute atomic E-state index is 6.17. The first-order valence-electron chi connectivity index (χ1n) is 7.10. The second-order valence-electron chi connectivity index (χ2n) is 5.57. The fourth-order valence-electron chi connectivity index (χ4n) is 2.61. The molecule has 2 unspecified atom stereocenters. The van der Waals surface area contributed by atoms with E-state index in [1.165, 1.54) is 36.0 Å². The summed E-state index contributed by atoms with van der Waals surface area (Å²) in [5.41, 5.74) is 10.1. The monoisotopic (exact) mass is 247 g/mol. The van der Waals surface area contributed by atoms with Crippen molar-refractivity contribution >= 4 is 0 Å². The van der Waals surface area contributed by atoms with Crippen LogP contribution in [-0.2, 0) is 11.3 Å². The molecule has 1 aliphatic rings. The van der Waals surface area contributed by atoms with Gasteiger partial charge in [0, 0.05) is 6.04 Å². The Bertz CT molecular complexity index is 389. The molecule has 1 aromatic carbocycles. The van der Waals surface area contributed by atoms with Crippen molar-refractivity contribution in [1.29, 1.82) is 0 Å². The molecule has 100 valence electrons. The van der Waals surface area contributed by atoms with Gasteiger partial charge in [0.05, 0.1) is 12.7 Å². The van der Waals surface area contributed by atoms with Crippen LogP contribution in [0.15, 0.2) is 18.2 Å². The molecule has 1 aromatic rings. The average molecular weight is 247 g/mol. The maximum Gasteiger partial charge on any atom is 0.0730 e. The van der Waals surface area contributed by atoms with Gasteiger partial charge in [-0.2, -0.15) is 0 Å². The van der Waals surface area contributed by atoms with Crippen LogP contribution in [0.5, 0.6) is 0 Å². The molecule has 0 heterocycles. The Labute approximate surface area is 111 Å². The van der Waals surface area contributed by atoms with Crippen molar-refractivity contribution in [3.63, 3.8) is 0 Å². The minimum absolute atomic E-state index is 0.221. The lowest BCUT2D eigenvalue weighted by molar-refractivity contribution is 0.0194. The number of hydrogen-bond donors (Lipinski definition) is 1. The normalized spacial score (nSPS) is 24.8. The molecule has 2 heteroatoms. The molecule has 0 saturated heterocycles. The Morgan fingerprint density at radius 3 is 2.67 bits per heavy atom. The van der Waals surface area contributed by atoms with E-state index in [9.17, 15) is 0 Å². The zero-order valence-corrected chi connectivity index (χ0v) is 11.6. The van der Waals surface area contributed by atoms with Crippen LogP contribution in [-0.4, -0.2) is 12.1 Å². The van der Waals surface area contributed by atoms with Gasteiger partial charge >= 0.3 is 0 Å².